The summed E-state index contributed by atoms with van der Waals surface area (Å²) >= 11 is 3.32. The number of nitrogens with one attached hydrogen (secondary N) is 1. The second-order valence-corrected chi connectivity index (χ2v) is 5.68. The van der Waals surface area contributed by atoms with E-state index in [1.165, 1.54) is 12.8 Å². The summed E-state index contributed by atoms with van der Waals surface area (Å²) in [5.41, 5.74) is 7.21. The second kappa shape index (κ2) is 4.09. The maximum Gasteiger partial charge on any atom is 0.251 e. The highest BCUT2D eigenvalue weighted by atomic mass is 79.9. The maximum absolute atomic E-state index is 11.8. The van der Waals surface area contributed by atoms with Crippen LogP contribution in [-0.4, -0.2) is 12.5 Å². The Kier molecular flexibility index (Phi) is 2.93. The van der Waals surface area contributed by atoms with E-state index in [2.05, 4.69) is 28.2 Å². The molecule has 0 unspecified atom stereocenters. The molecular formula is C12H15BrN2O. The van der Waals surface area contributed by atoms with Crippen molar-refractivity contribution in [1.29, 1.82) is 0 Å². The first kappa shape index (κ1) is 11.5. The fourth-order valence-corrected chi connectivity index (χ4v) is 2.04. The highest BCUT2D eigenvalue weighted by Crippen LogP contribution is 2.44. The topological polar surface area (TPSA) is 55.1 Å². The van der Waals surface area contributed by atoms with Crippen LogP contribution in [0.5, 0.6) is 0 Å². The average Bonchev–Trinajstić information content (AvgIpc) is 2.92. The smallest absolute Gasteiger partial charge is 0.251 e. The van der Waals surface area contributed by atoms with E-state index in [4.69, 9.17) is 5.73 Å². The fourth-order valence-electron chi connectivity index (χ4n) is 1.53. The molecular weight excluding hydrogens is 268 g/mol. The molecule has 16 heavy (non-hydrogen) atoms. The number of hydrogen-bond acceptors (Lipinski definition) is 2. The quantitative estimate of drug-likeness (QED) is 0.838. The lowest BCUT2D eigenvalue weighted by molar-refractivity contribution is 0.0946. The molecule has 1 saturated carbocycles. The van der Waals surface area contributed by atoms with Crippen molar-refractivity contribution < 1.29 is 4.79 Å². The number of halogens is 1. The SMILES string of the molecule is CC1(CNC(=O)c2cc(N)cc(Br)c2)CC1. The summed E-state index contributed by atoms with van der Waals surface area (Å²) in [7, 11) is 0. The number of nitrogens with two attached hydrogens (primary N) is 1. The van der Waals surface area contributed by atoms with Gasteiger partial charge in [-0.1, -0.05) is 22.9 Å². The molecule has 1 fully saturated rings. The van der Waals surface area contributed by atoms with E-state index in [-0.39, 0.29) is 5.91 Å². The van der Waals surface area contributed by atoms with Gasteiger partial charge in [0.1, 0.15) is 0 Å². The van der Waals surface area contributed by atoms with Crippen LogP contribution in [0, 0.1) is 5.41 Å². The molecule has 1 aliphatic rings. The molecule has 2 rings (SSSR count). The molecule has 86 valence electrons. The molecule has 1 aromatic rings. The van der Waals surface area contributed by atoms with E-state index in [0.717, 1.165) is 11.0 Å². The van der Waals surface area contributed by atoms with E-state index in [1.807, 2.05) is 0 Å². The third-order valence-electron chi connectivity index (χ3n) is 2.96. The Morgan fingerprint density at radius 3 is 2.75 bits per heavy atom. The summed E-state index contributed by atoms with van der Waals surface area (Å²) in [6, 6.07) is 5.25. The van der Waals surface area contributed by atoms with Gasteiger partial charge >= 0.3 is 0 Å². The Balaban J connectivity index is 2.02. The van der Waals surface area contributed by atoms with Gasteiger partial charge in [0.2, 0.25) is 0 Å². The van der Waals surface area contributed by atoms with Gasteiger partial charge in [0.15, 0.2) is 0 Å². The summed E-state index contributed by atoms with van der Waals surface area (Å²) in [5.74, 6) is -0.0545. The molecule has 1 aromatic carbocycles. The lowest BCUT2D eigenvalue weighted by Gasteiger charge is -2.10. The van der Waals surface area contributed by atoms with Crippen molar-refractivity contribution >= 4 is 27.5 Å². The van der Waals surface area contributed by atoms with Gasteiger partial charge in [0.25, 0.3) is 5.91 Å². The highest BCUT2D eigenvalue weighted by molar-refractivity contribution is 9.10. The number of nitrogen functional groups attached to an aromatic ring is 1. The number of carbonyl (C=O) groups is 1. The number of benzene rings is 1. The van der Waals surface area contributed by atoms with Gasteiger partial charge in [0, 0.05) is 22.3 Å². The van der Waals surface area contributed by atoms with Crippen LogP contribution in [0.2, 0.25) is 0 Å². The van der Waals surface area contributed by atoms with Gasteiger partial charge < -0.3 is 11.1 Å². The van der Waals surface area contributed by atoms with Crippen molar-refractivity contribution in [1.82, 2.24) is 5.32 Å². The predicted molar refractivity (Wildman–Crippen MR) is 68.2 cm³/mol. The molecule has 0 heterocycles. The number of rotatable bonds is 3. The van der Waals surface area contributed by atoms with E-state index in [1.54, 1.807) is 18.2 Å². The first-order valence-electron chi connectivity index (χ1n) is 5.33. The Morgan fingerprint density at radius 2 is 2.19 bits per heavy atom. The van der Waals surface area contributed by atoms with Crippen LogP contribution in [-0.2, 0) is 0 Å². The number of amides is 1. The van der Waals surface area contributed by atoms with Crippen LogP contribution in [0.3, 0.4) is 0 Å². The van der Waals surface area contributed by atoms with Crippen molar-refractivity contribution in [2.45, 2.75) is 19.8 Å². The van der Waals surface area contributed by atoms with E-state index < -0.39 is 0 Å². The molecule has 1 amide bonds. The summed E-state index contributed by atoms with van der Waals surface area (Å²) < 4.78 is 0.829. The van der Waals surface area contributed by atoms with Crippen molar-refractivity contribution in [3.05, 3.63) is 28.2 Å². The normalized spacial score (nSPS) is 16.9. The molecule has 0 bridgehead atoms. The van der Waals surface area contributed by atoms with Crippen LogP contribution in [0.15, 0.2) is 22.7 Å². The zero-order valence-electron chi connectivity index (χ0n) is 9.22. The minimum Gasteiger partial charge on any atom is -0.399 e. The largest absolute Gasteiger partial charge is 0.399 e. The summed E-state index contributed by atoms with van der Waals surface area (Å²) in [6.07, 6.45) is 2.40. The van der Waals surface area contributed by atoms with Gasteiger partial charge in [-0.25, -0.2) is 0 Å². The third-order valence-corrected chi connectivity index (χ3v) is 3.42. The van der Waals surface area contributed by atoms with Gasteiger partial charge in [-0.3, -0.25) is 4.79 Å². The maximum atomic E-state index is 11.8. The second-order valence-electron chi connectivity index (χ2n) is 4.77. The van der Waals surface area contributed by atoms with Crippen LogP contribution in [0.1, 0.15) is 30.1 Å². The van der Waals surface area contributed by atoms with Gasteiger partial charge in [-0.05, 0) is 36.5 Å². The number of anilines is 1. The zero-order valence-corrected chi connectivity index (χ0v) is 10.8. The Morgan fingerprint density at radius 1 is 1.50 bits per heavy atom. The highest BCUT2D eigenvalue weighted by Gasteiger charge is 2.37. The van der Waals surface area contributed by atoms with E-state index in [9.17, 15) is 4.79 Å². The van der Waals surface area contributed by atoms with Crippen molar-refractivity contribution in [2.75, 3.05) is 12.3 Å². The first-order valence-corrected chi connectivity index (χ1v) is 6.12. The Labute approximate surface area is 104 Å². The lowest BCUT2D eigenvalue weighted by atomic mass is 10.1. The van der Waals surface area contributed by atoms with Crippen molar-refractivity contribution in [3.63, 3.8) is 0 Å². The fraction of sp³-hybridized carbons (Fsp3) is 0.417. The molecule has 3 nitrogen and oxygen atoms in total. The first-order chi connectivity index (χ1) is 7.48. The monoisotopic (exact) mass is 282 g/mol. The Bertz CT molecular complexity index is 407. The average molecular weight is 283 g/mol. The zero-order chi connectivity index (χ0) is 11.8. The van der Waals surface area contributed by atoms with Gasteiger partial charge in [-0.15, -0.1) is 0 Å². The summed E-state index contributed by atoms with van der Waals surface area (Å²) in [5, 5.41) is 2.94. The van der Waals surface area contributed by atoms with Crippen LogP contribution >= 0.6 is 15.9 Å². The van der Waals surface area contributed by atoms with Gasteiger partial charge in [0.05, 0.1) is 0 Å². The summed E-state index contributed by atoms with van der Waals surface area (Å²) in [4.78, 5) is 11.8. The van der Waals surface area contributed by atoms with Crippen LogP contribution in [0.25, 0.3) is 0 Å². The Hall–Kier alpha value is -1.03. The minimum atomic E-state index is -0.0545. The van der Waals surface area contributed by atoms with Gasteiger partial charge in [-0.2, -0.15) is 0 Å². The predicted octanol–water partition coefficient (Wildman–Crippen LogP) is 2.56. The standard InChI is InChI=1S/C12H15BrN2O/c1-12(2-3-12)7-15-11(16)8-4-9(13)6-10(14)5-8/h4-6H,2-3,7,14H2,1H3,(H,15,16). The van der Waals surface area contributed by atoms with Crippen LogP contribution in [0.4, 0.5) is 5.69 Å². The molecule has 4 heteroatoms. The van der Waals surface area contributed by atoms with E-state index in [0.29, 0.717) is 16.7 Å². The summed E-state index contributed by atoms with van der Waals surface area (Å²) in [6.45, 7) is 2.93. The molecule has 1 aliphatic carbocycles. The third kappa shape index (κ3) is 2.76. The minimum absolute atomic E-state index is 0.0545. The van der Waals surface area contributed by atoms with Crippen molar-refractivity contribution in [2.24, 2.45) is 5.41 Å². The molecule has 0 aromatic heterocycles. The van der Waals surface area contributed by atoms with Crippen molar-refractivity contribution in [3.8, 4) is 0 Å². The molecule has 0 atom stereocenters. The lowest BCUT2D eigenvalue weighted by Crippen LogP contribution is -2.29. The van der Waals surface area contributed by atoms with E-state index >= 15 is 0 Å². The molecule has 0 radical (unpaired) electrons. The molecule has 0 saturated heterocycles. The molecule has 3 N–H and O–H groups in total. The number of carbonyl (C=O) groups excluding carboxylic acids is 1. The van der Waals surface area contributed by atoms with Crippen LogP contribution < -0.4 is 11.1 Å². The molecule has 0 aliphatic heterocycles. The molecule has 0 spiro atoms. The number of hydrogen-bond donors (Lipinski definition) is 2.